The van der Waals surface area contributed by atoms with Gasteiger partial charge in [0.15, 0.2) is 5.78 Å². The van der Waals surface area contributed by atoms with Crippen LogP contribution in [0.3, 0.4) is 0 Å². The molecule has 0 saturated carbocycles. The molecule has 1 fully saturated rings. The zero-order chi connectivity index (χ0) is 28.9. The normalized spacial score (nSPS) is 14.0. The minimum Gasteiger partial charge on any atom is -0.496 e. The van der Waals surface area contributed by atoms with Crippen LogP contribution in [0.2, 0.25) is 0 Å². The first kappa shape index (κ1) is 28.1. The Labute approximate surface area is 240 Å². The standard InChI is InChI=1S/C34H34N2O5/c1-23-5-4-6-26(19-23)31-21-27(11-14-34(31)40-3)33(37)20-24-7-9-25(10-8-24)30-13-12-29(22-32(30)36(38)39)41-28-15-17-35(2)18-16-28/h4-14,19,21-22,28H,15-18,20H2,1-3H3. The quantitative estimate of drug-likeness (QED) is 0.125. The van der Waals surface area contributed by atoms with Gasteiger partial charge in [0.2, 0.25) is 0 Å². The zero-order valence-corrected chi connectivity index (χ0v) is 23.6. The van der Waals surface area contributed by atoms with Crippen LogP contribution in [-0.2, 0) is 6.42 Å². The van der Waals surface area contributed by atoms with E-state index in [0.29, 0.717) is 28.2 Å². The number of likely N-dealkylation sites (tertiary alicyclic amines) is 1. The van der Waals surface area contributed by atoms with Crippen molar-refractivity contribution in [2.45, 2.75) is 32.3 Å². The Morgan fingerprint density at radius 1 is 0.927 bits per heavy atom. The van der Waals surface area contributed by atoms with E-state index in [1.807, 2.05) is 61.5 Å². The summed E-state index contributed by atoms with van der Waals surface area (Å²) >= 11 is 0. The molecule has 0 aromatic heterocycles. The topological polar surface area (TPSA) is 81.9 Å². The number of benzene rings is 4. The van der Waals surface area contributed by atoms with Gasteiger partial charge in [-0.15, -0.1) is 0 Å². The second-order valence-corrected chi connectivity index (χ2v) is 10.6. The van der Waals surface area contributed by atoms with E-state index >= 15 is 0 Å². The van der Waals surface area contributed by atoms with Crippen molar-refractivity contribution < 1.29 is 19.2 Å². The Balaban J connectivity index is 1.32. The van der Waals surface area contributed by atoms with Crippen molar-refractivity contribution in [1.82, 2.24) is 4.90 Å². The highest BCUT2D eigenvalue weighted by Crippen LogP contribution is 2.35. The number of carbonyl (C=O) groups excluding carboxylic acids is 1. The number of rotatable bonds is 9. The van der Waals surface area contributed by atoms with Crippen LogP contribution >= 0.6 is 0 Å². The van der Waals surface area contributed by atoms with Crippen LogP contribution in [0.5, 0.6) is 11.5 Å². The second kappa shape index (κ2) is 12.4. The van der Waals surface area contributed by atoms with Gasteiger partial charge >= 0.3 is 0 Å². The van der Waals surface area contributed by atoms with Gasteiger partial charge in [0.05, 0.1) is 23.7 Å². The molecule has 7 heteroatoms. The van der Waals surface area contributed by atoms with Gasteiger partial charge in [0, 0.05) is 30.6 Å². The summed E-state index contributed by atoms with van der Waals surface area (Å²) in [6, 6.07) is 26.0. The maximum Gasteiger partial charge on any atom is 0.280 e. The number of methoxy groups -OCH3 is 1. The molecule has 5 rings (SSSR count). The molecule has 41 heavy (non-hydrogen) atoms. The molecule has 4 aromatic carbocycles. The van der Waals surface area contributed by atoms with E-state index in [4.69, 9.17) is 9.47 Å². The third-order valence-corrected chi connectivity index (χ3v) is 7.61. The number of ether oxygens (including phenoxy) is 2. The lowest BCUT2D eigenvalue weighted by Gasteiger charge is -2.29. The minimum absolute atomic E-state index is 0.00108. The fraction of sp³-hybridized carbons (Fsp3) is 0.265. The number of ketones is 1. The van der Waals surface area contributed by atoms with Crippen molar-refractivity contribution in [2.24, 2.45) is 0 Å². The van der Waals surface area contributed by atoms with E-state index in [-0.39, 0.29) is 28.9 Å². The number of nitro benzene ring substituents is 1. The maximum absolute atomic E-state index is 13.2. The molecule has 0 spiro atoms. The number of nitrogens with zero attached hydrogens (tertiary/aromatic N) is 2. The lowest BCUT2D eigenvalue weighted by molar-refractivity contribution is -0.384. The average molecular weight is 551 g/mol. The van der Waals surface area contributed by atoms with Crippen molar-refractivity contribution in [1.29, 1.82) is 0 Å². The lowest BCUT2D eigenvalue weighted by atomic mass is 9.95. The number of Topliss-reactive ketones (excluding diaryl/α,β-unsaturated/α-hetero) is 1. The van der Waals surface area contributed by atoms with Crippen LogP contribution in [0.4, 0.5) is 5.69 Å². The summed E-state index contributed by atoms with van der Waals surface area (Å²) in [4.78, 5) is 27.1. The van der Waals surface area contributed by atoms with E-state index in [2.05, 4.69) is 18.0 Å². The Kier molecular flexibility index (Phi) is 8.45. The fourth-order valence-electron chi connectivity index (χ4n) is 5.28. The van der Waals surface area contributed by atoms with Gasteiger partial charge in [-0.05, 0) is 73.8 Å². The first-order valence-electron chi connectivity index (χ1n) is 13.8. The average Bonchev–Trinajstić information content (AvgIpc) is 2.98. The molecule has 4 aromatic rings. The maximum atomic E-state index is 13.2. The van der Waals surface area contributed by atoms with Gasteiger partial charge < -0.3 is 14.4 Å². The summed E-state index contributed by atoms with van der Waals surface area (Å²) in [5.41, 5.74) is 5.64. The summed E-state index contributed by atoms with van der Waals surface area (Å²) in [6.45, 7) is 3.93. The third kappa shape index (κ3) is 6.64. The molecule has 1 heterocycles. The van der Waals surface area contributed by atoms with Crippen molar-refractivity contribution in [2.75, 3.05) is 27.2 Å². The highest BCUT2D eigenvalue weighted by atomic mass is 16.6. The van der Waals surface area contributed by atoms with Crippen LogP contribution in [0.1, 0.15) is 34.3 Å². The van der Waals surface area contributed by atoms with Crippen molar-refractivity contribution in [3.8, 4) is 33.8 Å². The first-order valence-corrected chi connectivity index (χ1v) is 13.8. The van der Waals surface area contributed by atoms with Crippen LogP contribution in [0.25, 0.3) is 22.3 Å². The van der Waals surface area contributed by atoms with E-state index in [0.717, 1.165) is 48.2 Å². The van der Waals surface area contributed by atoms with Gasteiger partial charge in [-0.3, -0.25) is 14.9 Å². The van der Waals surface area contributed by atoms with Crippen LogP contribution in [0.15, 0.2) is 84.9 Å². The SMILES string of the molecule is COc1ccc(C(=O)Cc2ccc(-c3ccc(OC4CCN(C)CC4)cc3[N+](=O)[O-])cc2)cc1-c1cccc(C)c1. The molecule has 0 amide bonds. The molecule has 0 radical (unpaired) electrons. The predicted octanol–water partition coefficient (Wildman–Crippen LogP) is 7.14. The number of hydrogen-bond acceptors (Lipinski definition) is 6. The van der Waals surface area contributed by atoms with Gasteiger partial charge in [-0.25, -0.2) is 0 Å². The van der Waals surface area contributed by atoms with E-state index < -0.39 is 0 Å². The minimum atomic E-state index is -0.371. The molecule has 0 unspecified atom stereocenters. The van der Waals surface area contributed by atoms with Gasteiger partial charge in [0.25, 0.3) is 5.69 Å². The molecular formula is C34H34N2O5. The molecule has 0 bridgehead atoms. The molecule has 1 aliphatic rings. The molecule has 7 nitrogen and oxygen atoms in total. The number of carbonyl (C=O) groups is 1. The van der Waals surface area contributed by atoms with Crippen LogP contribution in [0, 0.1) is 17.0 Å². The molecule has 210 valence electrons. The predicted molar refractivity (Wildman–Crippen MR) is 161 cm³/mol. The van der Waals surface area contributed by atoms with E-state index in [1.54, 1.807) is 25.3 Å². The Bertz CT molecular complexity index is 1560. The fourth-order valence-corrected chi connectivity index (χ4v) is 5.28. The van der Waals surface area contributed by atoms with Crippen molar-refractivity contribution in [3.05, 3.63) is 112 Å². The van der Waals surface area contributed by atoms with Gasteiger partial charge in [0.1, 0.15) is 17.6 Å². The summed E-state index contributed by atoms with van der Waals surface area (Å²) in [5.74, 6) is 1.21. The molecule has 0 atom stereocenters. The molecular weight excluding hydrogens is 516 g/mol. The number of nitro groups is 1. The smallest absolute Gasteiger partial charge is 0.280 e. The molecule has 0 aliphatic carbocycles. The zero-order valence-electron chi connectivity index (χ0n) is 23.6. The number of piperidine rings is 1. The highest BCUT2D eigenvalue weighted by molar-refractivity contribution is 5.99. The van der Waals surface area contributed by atoms with Gasteiger partial charge in [-0.1, -0.05) is 54.1 Å². The Morgan fingerprint density at radius 2 is 1.68 bits per heavy atom. The summed E-state index contributed by atoms with van der Waals surface area (Å²) in [6.07, 6.45) is 2.07. The van der Waals surface area contributed by atoms with Gasteiger partial charge in [-0.2, -0.15) is 0 Å². The summed E-state index contributed by atoms with van der Waals surface area (Å²) < 4.78 is 11.6. The molecule has 1 aliphatic heterocycles. The largest absolute Gasteiger partial charge is 0.496 e. The molecule has 1 saturated heterocycles. The summed E-state index contributed by atoms with van der Waals surface area (Å²) in [5, 5.41) is 11.9. The summed E-state index contributed by atoms with van der Waals surface area (Å²) in [7, 11) is 3.71. The third-order valence-electron chi connectivity index (χ3n) is 7.61. The van der Waals surface area contributed by atoms with Crippen LogP contribution in [-0.4, -0.2) is 49.0 Å². The monoisotopic (exact) mass is 550 g/mol. The van der Waals surface area contributed by atoms with Crippen molar-refractivity contribution >= 4 is 11.5 Å². The highest BCUT2D eigenvalue weighted by Gasteiger charge is 2.21. The number of hydrogen-bond donors (Lipinski definition) is 0. The van der Waals surface area contributed by atoms with E-state index in [9.17, 15) is 14.9 Å². The second-order valence-electron chi connectivity index (χ2n) is 10.6. The molecule has 0 N–H and O–H groups in total. The lowest BCUT2D eigenvalue weighted by Crippen LogP contribution is -2.35. The Morgan fingerprint density at radius 3 is 2.37 bits per heavy atom. The number of aryl methyl sites for hydroxylation is 1. The Hall–Kier alpha value is -4.49. The van der Waals surface area contributed by atoms with Crippen LogP contribution < -0.4 is 9.47 Å². The van der Waals surface area contributed by atoms with Crippen molar-refractivity contribution in [3.63, 3.8) is 0 Å². The van der Waals surface area contributed by atoms with E-state index in [1.165, 1.54) is 6.07 Å². The first-order chi connectivity index (χ1) is 19.8.